The zero-order valence-corrected chi connectivity index (χ0v) is 5.11. The van der Waals surface area contributed by atoms with Crippen LogP contribution in [-0.4, -0.2) is 31.7 Å². The molecule has 0 aliphatic heterocycles. The monoisotopic (exact) mass is 105 g/mol. The fourth-order valence-electron chi connectivity index (χ4n) is 0.503. The van der Waals surface area contributed by atoms with Crippen LogP contribution in [0.4, 0.5) is 4.39 Å². The molecule has 0 rings (SSSR count). The van der Waals surface area contributed by atoms with Crippen LogP contribution in [0.2, 0.25) is 0 Å². The van der Waals surface area contributed by atoms with Gasteiger partial charge in [-0.25, -0.2) is 4.39 Å². The molecule has 0 unspecified atom stereocenters. The average molecular weight is 105 g/mol. The molecule has 0 saturated heterocycles. The minimum atomic E-state index is -0.699. The van der Waals surface area contributed by atoms with Crippen molar-refractivity contribution in [2.24, 2.45) is 0 Å². The van der Waals surface area contributed by atoms with Gasteiger partial charge in [-0.3, -0.25) is 0 Å². The first kappa shape index (κ1) is 6.89. The molecule has 0 aromatic rings. The molecule has 0 bridgehead atoms. The van der Waals surface area contributed by atoms with Crippen LogP contribution < -0.4 is 0 Å². The quantitative estimate of drug-likeness (QED) is 0.504. The van der Waals surface area contributed by atoms with Gasteiger partial charge < -0.3 is 4.90 Å². The molecule has 0 radical (unpaired) electrons. The standard InChI is InChI=1S/C5H12FN/c1-5(6)4-7(2)3/h5H,4H2,1-3H3/t5-/m1/s1. The van der Waals surface area contributed by atoms with Gasteiger partial charge in [0.05, 0.1) is 0 Å². The van der Waals surface area contributed by atoms with Crippen LogP contribution in [0.1, 0.15) is 6.92 Å². The molecule has 0 saturated carbocycles. The molecule has 0 amide bonds. The second kappa shape index (κ2) is 2.97. The SMILES string of the molecule is C[C@@H](F)CN(C)C. The van der Waals surface area contributed by atoms with Gasteiger partial charge in [0.25, 0.3) is 0 Å². The lowest BCUT2D eigenvalue weighted by Crippen LogP contribution is -2.19. The number of hydrogen-bond donors (Lipinski definition) is 0. The second-order valence-electron chi connectivity index (χ2n) is 2.04. The number of hydrogen-bond acceptors (Lipinski definition) is 1. The number of rotatable bonds is 2. The molecule has 7 heavy (non-hydrogen) atoms. The van der Waals surface area contributed by atoms with Crippen molar-refractivity contribution < 1.29 is 4.39 Å². The molecule has 0 spiro atoms. The van der Waals surface area contributed by atoms with Crippen LogP contribution in [0.5, 0.6) is 0 Å². The first-order chi connectivity index (χ1) is 3.13. The third kappa shape index (κ3) is 5.89. The predicted molar refractivity (Wildman–Crippen MR) is 29.1 cm³/mol. The second-order valence-corrected chi connectivity index (χ2v) is 2.04. The molecule has 0 aliphatic rings. The van der Waals surface area contributed by atoms with E-state index >= 15 is 0 Å². The van der Waals surface area contributed by atoms with Gasteiger partial charge in [0.2, 0.25) is 0 Å². The smallest absolute Gasteiger partial charge is 0.110 e. The number of halogens is 1. The largest absolute Gasteiger partial charge is 0.307 e. The summed E-state index contributed by atoms with van der Waals surface area (Å²) < 4.78 is 11.9. The highest BCUT2D eigenvalue weighted by molar-refractivity contribution is 4.48. The molecule has 1 atom stereocenters. The van der Waals surface area contributed by atoms with E-state index in [9.17, 15) is 4.39 Å². The summed E-state index contributed by atoms with van der Waals surface area (Å²) >= 11 is 0. The van der Waals surface area contributed by atoms with Crippen molar-refractivity contribution in [1.29, 1.82) is 0 Å². The summed E-state index contributed by atoms with van der Waals surface area (Å²) in [6.07, 6.45) is -0.699. The number of nitrogens with zero attached hydrogens (tertiary/aromatic N) is 1. The summed E-state index contributed by atoms with van der Waals surface area (Å²) in [7, 11) is 3.71. The Labute approximate surface area is 44.1 Å². The Morgan fingerprint density at radius 1 is 1.57 bits per heavy atom. The Bertz CT molecular complexity index is 37.3. The Hall–Kier alpha value is -0.110. The van der Waals surface area contributed by atoms with E-state index < -0.39 is 6.17 Å². The molecule has 0 fully saturated rings. The summed E-state index contributed by atoms with van der Waals surface area (Å²) in [4.78, 5) is 1.82. The molecule has 0 N–H and O–H groups in total. The molecule has 0 aromatic carbocycles. The molecule has 44 valence electrons. The Morgan fingerprint density at radius 3 is 2.00 bits per heavy atom. The van der Waals surface area contributed by atoms with Gasteiger partial charge in [0.1, 0.15) is 6.17 Å². The number of alkyl halides is 1. The topological polar surface area (TPSA) is 3.24 Å². The fourth-order valence-corrected chi connectivity index (χ4v) is 0.503. The molecular weight excluding hydrogens is 93.1 g/mol. The molecule has 0 aliphatic carbocycles. The summed E-state index contributed by atoms with van der Waals surface area (Å²) in [5, 5.41) is 0. The van der Waals surface area contributed by atoms with Crippen molar-refractivity contribution in [3.8, 4) is 0 Å². The third-order valence-electron chi connectivity index (χ3n) is 0.617. The van der Waals surface area contributed by atoms with E-state index in [1.165, 1.54) is 0 Å². The van der Waals surface area contributed by atoms with Gasteiger partial charge in [-0.1, -0.05) is 0 Å². The Morgan fingerprint density at radius 2 is 2.00 bits per heavy atom. The first-order valence-corrected chi connectivity index (χ1v) is 2.41. The zero-order chi connectivity index (χ0) is 5.86. The molecule has 0 heterocycles. The van der Waals surface area contributed by atoms with Gasteiger partial charge in [0, 0.05) is 6.54 Å². The van der Waals surface area contributed by atoms with Crippen molar-refractivity contribution in [2.75, 3.05) is 20.6 Å². The van der Waals surface area contributed by atoms with E-state index in [0.717, 1.165) is 0 Å². The van der Waals surface area contributed by atoms with E-state index in [0.29, 0.717) is 6.54 Å². The van der Waals surface area contributed by atoms with E-state index in [4.69, 9.17) is 0 Å². The van der Waals surface area contributed by atoms with E-state index in [1.807, 2.05) is 19.0 Å². The maximum atomic E-state index is 11.9. The van der Waals surface area contributed by atoms with Gasteiger partial charge in [-0.05, 0) is 21.0 Å². The minimum Gasteiger partial charge on any atom is -0.307 e. The summed E-state index contributed by atoms with van der Waals surface area (Å²) in [5.41, 5.74) is 0. The van der Waals surface area contributed by atoms with Gasteiger partial charge >= 0.3 is 0 Å². The summed E-state index contributed by atoms with van der Waals surface area (Å²) in [5.74, 6) is 0. The molecule has 1 nitrogen and oxygen atoms in total. The van der Waals surface area contributed by atoms with Gasteiger partial charge in [-0.2, -0.15) is 0 Å². The van der Waals surface area contributed by atoms with Crippen LogP contribution >= 0.6 is 0 Å². The molecule has 0 aromatic heterocycles. The molecular formula is C5H12FN. The van der Waals surface area contributed by atoms with Crippen molar-refractivity contribution in [2.45, 2.75) is 13.1 Å². The zero-order valence-electron chi connectivity index (χ0n) is 5.11. The Kier molecular flexibility index (Phi) is 2.92. The van der Waals surface area contributed by atoms with Crippen molar-refractivity contribution in [3.05, 3.63) is 0 Å². The van der Waals surface area contributed by atoms with Crippen molar-refractivity contribution in [1.82, 2.24) is 4.90 Å². The highest BCUT2D eigenvalue weighted by Gasteiger charge is 1.96. The highest BCUT2D eigenvalue weighted by atomic mass is 19.1. The van der Waals surface area contributed by atoms with Crippen LogP contribution in [0, 0.1) is 0 Å². The first-order valence-electron chi connectivity index (χ1n) is 2.41. The Balaban J connectivity index is 2.95. The minimum absolute atomic E-state index is 0.528. The van der Waals surface area contributed by atoms with Crippen LogP contribution in [0.15, 0.2) is 0 Å². The lowest BCUT2D eigenvalue weighted by atomic mass is 10.4. The fraction of sp³-hybridized carbons (Fsp3) is 1.00. The maximum Gasteiger partial charge on any atom is 0.110 e. The summed E-state index contributed by atoms with van der Waals surface area (Å²) in [6, 6.07) is 0. The maximum absolute atomic E-state index is 11.9. The van der Waals surface area contributed by atoms with Crippen LogP contribution in [-0.2, 0) is 0 Å². The average Bonchev–Trinajstić information content (AvgIpc) is 1.27. The normalized spacial score (nSPS) is 15.0. The van der Waals surface area contributed by atoms with Gasteiger partial charge in [0.15, 0.2) is 0 Å². The third-order valence-corrected chi connectivity index (χ3v) is 0.617. The lowest BCUT2D eigenvalue weighted by Gasteiger charge is -2.08. The van der Waals surface area contributed by atoms with Gasteiger partial charge in [-0.15, -0.1) is 0 Å². The van der Waals surface area contributed by atoms with E-state index in [1.54, 1.807) is 6.92 Å². The predicted octanol–water partition coefficient (Wildman–Crippen LogP) is 0.906. The highest BCUT2D eigenvalue weighted by Crippen LogP contribution is 1.87. The lowest BCUT2D eigenvalue weighted by molar-refractivity contribution is 0.265. The van der Waals surface area contributed by atoms with Crippen molar-refractivity contribution in [3.63, 3.8) is 0 Å². The molecule has 2 heteroatoms. The summed E-state index contributed by atoms with van der Waals surface area (Å²) in [6.45, 7) is 2.08. The van der Waals surface area contributed by atoms with E-state index in [2.05, 4.69) is 0 Å². The van der Waals surface area contributed by atoms with E-state index in [-0.39, 0.29) is 0 Å². The van der Waals surface area contributed by atoms with Crippen molar-refractivity contribution >= 4 is 0 Å². The van der Waals surface area contributed by atoms with Crippen LogP contribution in [0.25, 0.3) is 0 Å². The van der Waals surface area contributed by atoms with Crippen LogP contribution in [0.3, 0.4) is 0 Å².